The second-order valence-corrected chi connectivity index (χ2v) is 4.90. The first kappa shape index (κ1) is 17.7. The number of carbonyl (C=O) groups is 2. The third kappa shape index (κ3) is 3.81. The maximum Gasteiger partial charge on any atom is 0.337 e. The predicted molar refractivity (Wildman–Crippen MR) is 82.3 cm³/mol. The minimum atomic E-state index is -0.781. The van der Waals surface area contributed by atoms with Crippen molar-refractivity contribution >= 4 is 17.7 Å². The lowest BCUT2D eigenvalue weighted by atomic mass is 10.1. The number of urea groups is 1. The van der Waals surface area contributed by atoms with E-state index in [4.69, 9.17) is 10.00 Å². The van der Waals surface area contributed by atoms with Crippen molar-refractivity contribution in [3.05, 3.63) is 49.6 Å². The number of allylic oxidation sites excluding steroid dienone is 1. The lowest BCUT2D eigenvalue weighted by molar-refractivity contribution is -0.385. The molecule has 0 saturated heterocycles. The zero-order chi connectivity index (χ0) is 18.6. The van der Waals surface area contributed by atoms with Crippen LogP contribution in [0.15, 0.2) is 28.3 Å². The number of nitriles is 1. The molecule has 2 rings (SSSR count). The lowest BCUT2D eigenvalue weighted by Crippen LogP contribution is -2.45. The summed E-state index contributed by atoms with van der Waals surface area (Å²) in [5.41, 5.74) is -1.52. The smallest absolute Gasteiger partial charge is 0.337 e. The predicted octanol–water partition coefficient (Wildman–Crippen LogP) is -0.242. The zero-order valence-electron chi connectivity index (χ0n) is 13.1. The Morgan fingerprint density at radius 3 is 2.84 bits per heavy atom. The van der Waals surface area contributed by atoms with Gasteiger partial charge in [-0.1, -0.05) is 0 Å². The molecule has 11 heteroatoms. The van der Waals surface area contributed by atoms with Crippen molar-refractivity contribution < 1.29 is 19.2 Å². The number of nitrogens with zero attached hydrogens (tertiary/aromatic N) is 3. The Labute approximate surface area is 140 Å². The topological polar surface area (TPSA) is 156 Å². The first-order valence-electron chi connectivity index (χ1n) is 7.10. The van der Waals surface area contributed by atoms with Gasteiger partial charge in [-0.2, -0.15) is 5.26 Å². The van der Waals surface area contributed by atoms with Crippen LogP contribution in [0, 0.1) is 21.4 Å². The lowest BCUT2D eigenvalue weighted by Gasteiger charge is -2.21. The van der Waals surface area contributed by atoms with Crippen LogP contribution in [0.25, 0.3) is 0 Å². The number of pyridine rings is 1. The molecule has 1 aromatic rings. The molecule has 0 saturated carbocycles. The second-order valence-electron chi connectivity index (χ2n) is 4.90. The molecule has 1 aromatic heterocycles. The number of ether oxygens (including phenoxy) is 1. The van der Waals surface area contributed by atoms with E-state index in [1.165, 1.54) is 0 Å². The van der Waals surface area contributed by atoms with Crippen LogP contribution in [0.5, 0.6) is 0 Å². The summed E-state index contributed by atoms with van der Waals surface area (Å²) >= 11 is 0. The minimum Gasteiger partial charge on any atom is -0.463 e. The molecule has 0 atom stereocenters. The van der Waals surface area contributed by atoms with Gasteiger partial charge in [0.15, 0.2) is 0 Å². The summed E-state index contributed by atoms with van der Waals surface area (Å²) in [5, 5.41) is 24.7. The Kier molecular flexibility index (Phi) is 5.13. The fourth-order valence-corrected chi connectivity index (χ4v) is 2.17. The number of hydrogen-bond donors (Lipinski definition) is 2. The molecule has 1 aliphatic heterocycles. The summed E-state index contributed by atoms with van der Waals surface area (Å²) in [4.78, 5) is 45.9. The monoisotopic (exact) mass is 347 g/mol. The third-order valence-corrected chi connectivity index (χ3v) is 3.31. The van der Waals surface area contributed by atoms with Crippen LogP contribution in [0.2, 0.25) is 0 Å². The molecule has 0 aromatic carbocycles. The average Bonchev–Trinajstić information content (AvgIpc) is 2.56. The number of amides is 2. The molecule has 0 unspecified atom stereocenters. The van der Waals surface area contributed by atoms with Crippen molar-refractivity contribution in [2.75, 3.05) is 13.2 Å². The van der Waals surface area contributed by atoms with Gasteiger partial charge in [0.1, 0.15) is 11.6 Å². The van der Waals surface area contributed by atoms with Crippen LogP contribution in [-0.4, -0.2) is 34.6 Å². The van der Waals surface area contributed by atoms with E-state index in [9.17, 15) is 24.5 Å². The van der Waals surface area contributed by atoms with Crippen molar-refractivity contribution in [2.24, 2.45) is 0 Å². The largest absolute Gasteiger partial charge is 0.463 e. The minimum absolute atomic E-state index is 0.0636. The van der Waals surface area contributed by atoms with E-state index in [0.29, 0.717) is 0 Å². The summed E-state index contributed by atoms with van der Waals surface area (Å²) < 4.78 is 5.77. The number of nitro groups is 1. The van der Waals surface area contributed by atoms with Gasteiger partial charge in [-0.15, -0.1) is 0 Å². The molecule has 0 aliphatic carbocycles. The number of rotatable bonds is 5. The van der Waals surface area contributed by atoms with Gasteiger partial charge < -0.3 is 19.9 Å². The number of esters is 1. The van der Waals surface area contributed by atoms with Crippen molar-refractivity contribution in [3.63, 3.8) is 0 Å². The van der Waals surface area contributed by atoms with Crippen LogP contribution in [-0.2, 0) is 16.1 Å². The van der Waals surface area contributed by atoms with Gasteiger partial charge in [0, 0.05) is 6.07 Å². The Hall–Kier alpha value is -3.68. The molecular weight excluding hydrogens is 334 g/mol. The van der Waals surface area contributed by atoms with Crippen LogP contribution >= 0.6 is 0 Å². The molecule has 130 valence electrons. The quantitative estimate of drug-likeness (QED) is 0.423. The number of carbonyl (C=O) groups excluding carboxylic acids is 2. The highest BCUT2D eigenvalue weighted by atomic mass is 16.6. The van der Waals surface area contributed by atoms with E-state index in [-0.39, 0.29) is 31.0 Å². The summed E-state index contributed by atoms with van der Waals surface area (Å²) in [6.45, 7) is 1.27. The Morgan fingerprint density at radius 1 is 1.52 bits per heavy atom. The van der Waals surface area contributed by atoms with Gasteiger partial charge >= 0.3 is 12.0 Å². The van der Waals surface area contributed by atoms with Crippen molar-refractivity contribution in [1.29, 1.82) is 5.26 Å². The summed E-state index contributed by atoms with van der Waals surface area (Å²) in [6.07, 6.45) is 0.938. The zero-order valence-corrected chi connectivity index (χ0v) is 13.1. The van der Waals surface area contributed by atoms with Crippen LogP contribution < -0.4 is 16.2 Å². The highest BCUT2D eigenvalue weighted by Gasteiger charge is 2.25. The highest BCUT2D eigenvalue weighted by molar-refractivity contribution is 5.93. The fourth-order valence-electron chi connectivity index (χ4n) is 2.17. The molecule has 0 bridgehead atoms. The van der Waals surface area contributed by atoms with Crippen LogP contribution in [0.1, 0.15) is 12.5 Å². The van der Waals surface area contributed by atoms with Gasteiger partial charge in [-0.05, 0) is 6.92 Å². The maximum absolute atomic E-state index is 12.2. The highest BCUT2D eigenvalue weighted by Crippen LogP contribution is 2.13. The van der Waals surface area contributed by atoms with Gasteiger partial charge in [-0.3, -0.25) is 14.9 Å². The summed E-state index contributed by atoms with van der Waals surface area (Å²) in [5.74, 6) is -0.691. The fraction of sp³-hybridized carbons (Fsp3) is 0.286. The molecule has 2 heterocycles. The SMILES string of the molecule is CCOC(=O)C1=C(Cn2cc([N+](=O)[O-])cc(C#N)c2=O)NC(=O)NC1. The maximum atomic E-state index is 12.2. The normalized spacial score (nSPS) is 13.5. The van der Waals surface area contributed by atoms with Gasteiger partial charge in [0.2, 0.25) is 0 Å². The summed E-state index contributed by atoms with van der Waals surface area (Å²) in [6, 6.07) is 1.85. The van der Waals surface area contributed by atoms with Gasteiger partial charge in [-0.25, -0.2) is 9.59 Å². The van der Waals surface area contributed by atoms with Crippen LogP contribution in [0.4, 0.5) is 10.5 Å². The van der Waals surface area contributed by atoms with E-state index >= 15 is 0 Å². The standard InChI is InChI=1S/C14H13N5O6/c1-2-25-13(21)10-5-16-14(22)17-11(10)7-18-6-9(19(23)24)3-8(4-15)12(18)20/h3,6H,2,5,7H2,1H3,(H2,16,17,22). The molecule has 1 aliphatic rings. The average molecular weight is 347 g/mol. The summed E-state index contributed by atoms with van der Waals surface area (Å²) in [7, 11) is 0. The molecule has 0 fully saturated rings. The van der Waals surface area contributed by atoms with E-state index in [2.05, 4.69) is 10.6 Å². The molecule has 25 heavy (non-hydrogen) atoms. The van der Waals surface area contributed by atoms with E-state index < -0.39 is 33.7 Å². The Balaban J connectivity index is 2.51. The first-order valence-corrected chi connectivity index (χ1v) is 7.10. The van der Waals surface area contributed by atoms with Gasteiger partial charge in [0.25, 0.3) is 11.2 Å². The van der Waals surface area contributed by atoms with Crippen LogP contribution in [0.3, 0.4) is 0 Å². The number of nitrogens with one attached hydrogen (secondary N) is 2. The Bertz CT molecular complexity index is 879. The molecule has 0 radical (unpaired) electrons. The van der Waals surface area contributed by atoms with E-state index in [1.807, 2.05) is 0 Å². The Morgan fingerprint density at radius 2 is 2.24 bits per heavy atom. The number of aromatic nitrogens is 1. The third-order valence-electron chi connectivity index (χ3n) is 3.31. The molecular formula is C14H13N5O6. The van der Waals surface area contributed by atoms with Crippen molar-refractivity contribution in [1.82, 2.24) is 15.2 Å². The second kappa shape index (κ2) is 7.26. The number of hydrogen-bond acceptors (Lipinski definition) is 7. The molecule has 0 spiro atoms. The molecule has 2 N–H and O–H groups in total. The molecule has 11 nitrogen and oxygen atoms in total. The first-order chi connectivity index (χ1) is 11.9. The van der Waals surface area contributed by atoms with E-state index in [1.54, 1.807) is 13.0 Å². The van der Waals surface area contributed by atoms with E-state index in [0.717, 1.165) is 16.8 Å². The van der Waals surface area contributed by atoms with Crippen molar-refractivity contribution in [2.45, 2.75) is 13.5 Å². The van der Waals surface area contributed by atoms with Crippen molar-refractivity contribution in [3.8, 4) is 6.07 Å². The van der Waals surface area contributed by atoms with Gasteiger partial charge in [0.05, 0.1) is 42.1 Å². The molecule has 2 amide bonds.